The van der Waals surface area contributed by atoms with E-state index in [1.165, 1.54) is 13.2 Å². The Hall–Kier alpha value is -0.240. The zero-order chi connectivity index (χ0) is 16.8. The van der Waals surface area contributed by atoms with Gasteiger partial charge >= 0.3 is 5.97 Å². The van der Waals surface area contributed by atoms with Crippen molar-refractivity contribution in [3.05, 3.63) is 11.8 Å². The molecule has 0 radical (unpaired) electrons. The van der Waals surface area contributed by atoms with Crippen LogP contribution in [0.1, 0.15) is 13.8 Å². The van der Waals surface area contributed by atoms with Crippen LogP contribution < -0.4 is 0 Å². The van der Waals surface area contributed by atoms with Crippen LogP contribution in [0, 0.1) is 11.8 Å². The summed E-state index contributed by atoms with van der Waals surface area (Å²) in [6.07, 6.45) is 1.18. The van der Waals surface area contributed by atoms with Crippen LogP contribution in [0.25, 0.3) is 0 Å². The van der Waals surface area contributed by atoms with E-state index in [4.69, 9.17) is 53.8 Å². The fourth-order valence-electron chi connectivity index (χ4n) is 2.80. The quantitative estimate of drug-likeness (QED) is 0.599. The molecular weight excluding hydrogens is 358 g/mol. The van der Waals surface area contributed by atoms with Gasteiger partial charge in [-0.05, 0) is 6.92 Å². The second kappa shape index (κ2) is 6.00. The van der Waals surface area contributed by atoms with Gasteiger partial charge in [0.1, 0.15) is 0 Å². The minimum absolute atomic E-state index is 0.171. The van der Waals surface area contributed by atoms with Crippen molar-refractivity contribution in [2.45, 2.75) is 29.2 Å². The Balaban J connectivity index is 2.31. The van der Waals surface area contributed by atoms with Crippen molar-refractivity contribution in [2.24, 2.45) is 11.8 Å². The normalized spacial score (nSPS) is 38.3. The van der Waals surface area contributed by atoms with E-state index in [9.17, 15) is 9.90 Å². The molecule has 9 heteroatoms. The van der Waals surface area contributed by atoms with E-state index in [2.05, 4.69) is 0 Å². The summed E-state index contributed by atoms with van der Waals surface area (Å²) in [6.45, 7) is 2.88. The van der Waals surface area contributed by atoms with Crippen LogP contribution in [0.3, 0.4) is 0 Å². The number of hydrogen-bond acceptors (Lipinski definition) is 6. The molecule has 0 aliphatic carbocycles. The molecular formula is C13H17Cl3O6. The molecule has 0 bridgehead atoms. The van der Waals surface area contributed by atoms with Gasteiger partial charge in [-0.1, -0.05) is 41.7 Å². The monoisotopic (exact) mass is 374 g/mol. The van der Waals surface area contributed by atoms with Crippen LogP contribution in [0.15, 0.2) is 11.8 Å². The van der Waals surface area contributed by atoms with E-state index in [1.54, 1.807) is 13.8 Å². The topological polar surface area (TPSA) is 74.2 Å². The summed E-state index contributed by atoms with van der Waals surface area (Å²) >= 11 is 17.1. The first-order valence-electron chi connectivity index (χ1n) is 6.59. The molecule has 0 amide bonds. The lowest BCUT2D eigenvalue weighted by molar-refractivity contribution is -0.302. The molecule has 0 saturated carbocycles. The number of carbonyl (C=O) groups is 1. The van der Waals surface area contributed by atoms with E-state index < -0.39 is 27.3 Å². The van der Waals surface area contributed by atoms with Crippen molar-refractivity contribution in [3.8, 4) is 0 Å². The number of hydrogen-bond donors (Lipinski definition) is 1. The largest absolute Gasteiger partial charge is 0.494 e. The molecule has 1 fully saturated rings. The lowest BCUT2D eigenvalue weighted by atomic mass is 9.85. The van der Waals surface area contributed by atoms with Crippen molar-refractivity contribution in [3.63, 3.8) is 0 Å². The molecule has 1 saturated heterocycles. The van der Waals surface area contributed by atoms with Crippen molar-refractivity contribution in [2.75, 3.05) is 20.3 Å². The van der Waals surface area contributed by atoms with Gasteiger partial charge in [0.25, 0.3) is 5.79 Å². The van der Waals surface area contributed by atoms with E-state index in [-0.39, 0.29) is 24.9 Å². The van der Waals surface area contributed by atoms with Crippen LogP contribution >= 0.6 is 34.8 Å². The van der Waals surface area contributed by atoms with E-state index in [0.29, 0.717) is 0 Å². The summed E-state index contributed by atoms with van der Waals surface area (Å²) in [7, 11) is 1.38. The maximum Gasteiger partial charge on any atom is 0.337 e. The van der Waals surface area contributed by atoms with Gasteiger partial charge < -0.3 is 24.1 Å². The molecule has 4 atom stereocenters. The van der Waals surface area contributed by atoms with Crippen LogP contribution in [0.2, 0.25) is 0 Å². The van der Waals surface area contributed by atoms with Crippen molar-refractivity contribution in [1.82, 2.24) is 0 Å². The molecule has 0 aromatic rings. The SMILES string of the molecule is COC1=CC(=O)O[C@@]12O[C@@](C)(OCC(Cl)(Cl)Cl)[C@@H](C)[C@@H]2CO. The summed E-state index contributed by atoms with van der Waals surface area (Å²) in [5.41, 5.74) is 0. The highest BCUT2D eigenvalue weighted by Crippen LogP contribution is 2.53. The summed E-state index contributed by atoms with van der Waals surface area (Å²) in [5, 5.41) is 9.73. The predicted octanol–water partition coefficient (Wildman–Crippen LogP) is 2.15. The van der Waals surface area contributed by atoms with Crippen molar-refractivity contribution in [1.29, 1.82) is 0 Å². The molecule has 2 heterocycles. The molecule has 0 aromatic carbocycles. The Morgan fingerprint density at radius 1 is 1.45 bits per heavy atom. The molecule has 0 aromatic heterocycles. The molecule has 22 heavy (non-hydrogen) atoms. The lowest BCUT2D eigenvalue weighted by Gasteiger charge is -2.32. The molecule has 2 rings (SSSR count). The van der Waals surface area contributed by atoms with Gasteiger partial charge in [0.15, 0.2) is 11.5 Å². The van der Waals surface area contributed by atoms with Crippen LogP contribution in [-0.2, 0) is 23.7 Å². The zero-order valence-corrected chi connectivity index (χ0v) is 14.5. The smallest absolute Gasteiger partial charge is 0.337 e. The molecule has 126 valence electrons. The summed E-state index contributed by atoms with van der Waals surface area (Å²) < 4.78 is 20.4. The second-order valence-electron chi connectivity index (χ2n) is 5.40. The number of halogens is 3. The minimum atomic E-state index is -1.62. The van der Waals surface area contributed by atoms with Gasteiger partial charge in [-0.25, -0.2) is 4.79 Å². The first-order chi connectivity index (χ1) is 10.1. The maximum absolute atomic E-state index is 11.6. The fourth-order valence-corrected chi connectivity index (χ4v) is 2.96. The molecule has 2 aliphatic heterocycles. The summed E-state index contributed by atoms with van der Waals surface area (Å²) in [4.78, 5) is 11.6. The lowest BCUT2D eigenvalue weighted by Crippen LogP contribution is -2.42. The number of rotatable bonds is 4. The highest BCUT2D eigenvalue weighted by molar-refractivity contribution is 6.67. The highest BCUT2D eigenvalue weighted by Gasteiger charge is 2.66. The average molecular weight is 376 g/mol. The molecule has 2 aliphatic rings. The standard InChI is InChI=1S/C13H17Cl3O6/c1-7-8(5-17)13(9(19-3)4-10(18)21-13)22-11(7,2)20-6-12(14,15)16/h4,7-8,17H,5-6H2,1-3H3/t7-,8-,11+,13-/m0/s1. The molecule has 6 nitrogen and oxygen atoms in total. The van der Waals surface area contributed by atoms with Crippen molar-refractivity contribution >= 4 is 40.8 Å². The van der Waals surface area contributed by atoms with Gasteiger partial charge in [0.05, 0.1) is 32.3 Å². The minimum Gasteiger partial charge on any atom is -0.494 e. The van der Waals surface area contributed by atoms with Crippen LogP contribution in [-0.4, -0.2) is 46.8 Å². The molecule has 1 spiro atoms. The first-order valence-corrected chi connectivity index (χ1v) is 7.72. The molecule has 0 unspecified atom stereocenters. The Morgan fingerprint density at radius 3 is 2.59 bits per heavy atom. The van der Waals surface area contributed by atoms with E-state index in [0.717, 1.165) is 0 Å². The van der Waals surface area contributed by atoms with Gasteiger partial charge in [0.2, 0.25) is 3.79 Å². The Kier molecular flexibility index (Phi) is 4.94. The highest BCUT2D eigenvalue weighted by atomic mass is 35.6. The Bertz CT molecular complexity index is 491. The summed E-state index contributed by atoms with van der Waals surface area (Å²) in [5.74, 6) is -4.18. The first kappa shape index (κ1) is 18.1. The Morgan fingerprint density at radius 2 is 2.09 bits per heavy atom. The number of aliphatic hydroxyl groups excluding tert-OH is 1. The predicted molar refractivity (Wildman–Crippen MR) is 79.4 cm³/mol. The maximum atomic E-state index is 11.6. The second-order valence-corrected chi connectivity index (χ2v) is 7.92. The number of aliphatic hydroxyl groups is 1. The van der Waals surface area contributed by atoms with Gasteiger partial charge in [0, 0.05) is 5.92 Å². The van der Waals surface area contributed by atoms with Crippen LogP contribution in [0.4, 0.5) is 0 Å². The van der Waals surface area contributed by atoms with E-state index in [1.807, 2.05) is 0 Å². The number of methoxy groups -OCH3 is 1. The third-order valence-corrected chi connectivity index (χ3v) is 4.38. The average Bonchev–Trinajstić information content (AvgIpc) is 2.82. The van der Waals surface area contributed by atoms with E-state index >= 15 is 0 Å². The van der Waals surface area contributed by atoms with Crippen molar-refractivity contribution < 1.29 is 28.8 Å². The fraction of sp³-hybridized carbons (Fsp3) is 0.769. The number of ether oxygens (including phenoxy) is 4. The van der Waals surface area contributed by atoms with Gasteiger partial charge in [-0.15, -0.1) is 0 Å². The van der Waals surface area contributed by atoms with Gasteiger partial charge in [-0.3, -0.25) is 0 Å². The molecule has 1 N–H and O–H groups in total. The van der Waals surface area contributed by atoms with Gasteiger partial charge in [-0.2, -0.15) is 0 Å². The number of esters is 1. The number of alkyl halides is 3. The van der Waals surface area contributed by atoms with Crippen LogP contribution in [0.5, 0.6) is 0 Å². The third-order valence-electron chi connectivity index (χ3n) is 4.06. The summed E-state index contributed by atoms with van der Waals surface area (Å²) in [6, 6.07) is 0. The Labute approximate surface area is 143 Å². The number of carbonyl (C=O) groups excluding carboxylic acids is 1. The third kappa shape index (κ3) is 3.05. The zero-order valence-electron chi connectivity index (χ0n) is 12.3.